The van der Waals surface area contributed by atoms with Gasteiger partial charge in [0, 0.05) is 4.47 Å². The van der Waals surface area contributed by atoms with Gasteiger partial charge in [-0.2, -0.15) is 0 Å². The van der Waals surface area contributed by atoms with E-state index >= 15 is 0 Å². The molecule has 0 aliphatic carbocycles. The quantitative estimate of drug-likeness (QED) is 0.886. The molecule has 0 saturated carbocycles. The van der Waals surface area contributed by atoms with Gasteiger partial charge in [-0.05, 0) is 53.0 Å². The Balaban J connectivity index is 2.24. The van der Waals surface area contributed by atoms with Crippen molar-refractivity contribution in [2.24, 2.45) is 5.73 Å². The number of aryl methyl sites for hydroxylation is 1. The Bertz CT molecular complexity index is 526. The lowest BCUT2D eigenvalue weighted by atomic mass is 10.1. The van der Waals surface area contributed by atoms with Crippen molar-refractivity contribution in [1.29, 1.82) is 0 Å². The van der Waals surface area contributed by atoms with Crippen molar-refractivity contribution in [3.05, 3.63) is 28.2 Å². The Morgan fingerprint density at radius 2 is 2.11 bits per heavy atom. The molecule has 0 unspecified atom stereocenters. The van der Waals surface area contributed by atoms with Gasteiger partial charge in [-0.25, -0.2) is 8.42 Å². The molecule has 1 aliphatic heterocycles. The van der Waals surface area contributed by atoms with Gasteiger partial charge in [0.1, 0.15) is 5.25 Å². The number of ether oxygens (including phenoxy) is 1. The van der Waals surface area contributed by atoms with Crippen molar-refractivity contribution in [3.63, 3.8) is 0 Å². The van der Waals surface area contributed by atoms with E-state index < -0.39 is 15.1 Å². The molecule has 2 rings (SSSR count). The molecule has 2 N–H and O–H groups in total. The van der Waals surface area contributed by atoms with E-state index in [4.69, 9.17) is 10.5 Å². The molecule has 100 valence electrons. The van der Waals surface area contributed by atoms with Crippen LogP contribution in [0.2, 0.25) is 0 Å². The summed E-state index contributed by atoms with van der Waals surface area (Å²) in [4.78, 5) is 0.354. The summed E-state index contributed by atoms with van der Waals surface area (Å²) in [5.41, 5.74) is 6.55. The molecule has 1 heterocycles. The van der Waals surface area contributed by atoms with Crippen LogP contribution in [0, 0.1) is 0 Å². The highest BCUT2D eigenvalue weighted by molar-refractivity contribution is 9.10. The van der Waals surface area contributed by atoms with Gasteiger partial charge in [-0.1, -0.05) is 6.07 Å². The maximum Gasteiger partial charge on any atom is 0.186 e. The second-order valence-corrected chi connectivity index (χ2v) is 7.41. The zero-order valence-electron chi connectivity index (χ0n) is 9.93. The fourth-order valence-electron chi connectivity index (χ4n) is 1.81. The van der Waals surface area contributed by atoms with Crippen molar-refractivity contribution in [2.75, 3.05) is 19.8 Å². The third kappa shape index (κ3) is 2.77. The normalized spacial score (nSPS) is 16.6. The standard InChI is InChI=1S/C12H16BrNO3S/c13-11-6-9(2-1-5-14)3-4-12(11)18(15,16)10-7-17-8-10/h3-4,6,10H,1-2,5,7-8,14H2. The highest BCUT2D eigenvalue weighted by Crippen LogP contribution is 2.29. The lowest BCUT2D eigenvalue weighted by Crippen LogP contribution is -2.40. The summed E-state index contributed by atoms with van der Waals surface area (Å²) in [5.74, 6) is 0. The van der Waals surface area contributed by atoms with Gasteiger partial charge < -0.3 is 10.5 Å². The summed E-state index contributed by atoms with van der Waals surface area (Å²) in [6.45, 7) is 1.23. The second kappa shape index (κ2) is 5.69. The van der Waals surface area contributed by atoms with Crippen molar-refractivity contribution < 1.29 is 13.2 Å². The molecule has 1 fully saturated rings. The highest BCUT2D eigenvalue weighted by Gasteiger charge is 2.35. The van der Waals surface area contributed by atoms with E-state index in [9.17, 15) is 8.42 Å². The molecular weight excluding hydrogens is 318 g/mol. The predicted molar refractivity (Wildman–Crippen MR) is 73.3 cm³/mol. The first-order chi connectivity index (χ1) is 8.55. The molecule has 0 amide bonds. The number of nitrogens with two attached hydrogens (primary N) is 1. The van der Waals surface area contributed by atoms with Crippen LogP contribution >= 0.6 is 15.9 Å². The van der Waals surface area contributed by atoms with E-state index in [1.54, 1.807) is 6.07 Å². The average molecular weight is 334 g/mol. The van der Waals surface area contributed by atoms with Crippen LogP contribution in [0.5, 0.6) is 0 Å². The summed E-state index contributed by atoms with van der Waals surface area (Å²) in [5, 5.41) is -0.399. The zero-order valence-corrected chi connectivity index (χ0v) is 12.3. The van der Waals surface area contributed by atoms with Gasteiger partial charge in [0.15, 0.2) is 9.84 Å². The van der Waals surface area contributed by atoms with Crippen molar-refractivity contribution >= 4 is 25.8 Å². The Hall–Kier alpha value is -0.430. The summed E-state index contributed by atoms with van der Waals surface area (Å²) >= 11 is 3.35. The molecule has 4 nitrogen and oxygen atoms in total. The summed E-state index contributed by atoms with van der Waals surface area (Å²) < 4.78 is 30.0. The Kier molecular flexibility index (Phi) is 4.42. The monoisotopic (exact) mass is 333 g/mol. The summed E-state index contributed by atoms with van der Waals surface area (Å²) in [6.07, 6.45) is 1.76. The van der Waals surface area contributed by atoms with Gasteiger partial charge >= 0.3 is 0 Å². The van der Waals surface area contributed by atoms with Crippen LogP contribution in [-0.4, -0.2) is 33.4 Å². The summed E-state index contributed by atoms with van der Waals surface area (Å²) in [7, 11) is -3.27. The number of hydrogen-bond donors (Lipinski definition) is 1. The molecule has 0 radical (unpaired) electrons. The van der Waals surface area contributed by atoms with E-state index in [0.29, 0.717) is 29.1 Å². The van der Waals surface area contributed by atoms with Gasteiger partial charge in [-0.3, -0.25) is 0 Å². The number of rotatable bonds is 5. The van der Waals surface area contributed by atoms with Crippen molar-refractivity contribution in [2.45, 2.75) is 23.0 Å². The minimum atomic E-state index is -3.27. The molecule has 6 heteroatoms. The molecule has 18 heavy (non-hydrogen) atoms. The van der Waals surface area contributed by atoms with E-state index in [0.717, 1.165) is 18.4 Å². The Labute approximate surface area is 116 Å². The molecule has 1 saturated heterocycles. The number of benzene rings is 1. The SMILES string of the molecule is NCCCc1ccc(S(=O)(=O)C2COC2)c(Br)c1. The molecular formula is C12H16BrNO3S. The molecule has 1 aromatic carbocycles. The molecule has 1 aliphatic rings. The van der Waals surface area contributed by atoms with Crippen LogP contribution in [0.15, 0.2) is 27.6 Å². The summed E-state index contributed by atoms with van der Waals surface area (Å²) in [6, 6.07) is 5.39. The largest absolute Gasteiger partial charge is 0.379 e. The van der Waals surface area contributed by atoms with E-state index in [-0.39, 0.29) is 0 Å². The molecule has 0 bridgehead atoms. The lowest BCUT2D eigenvalue weighted by Gasteiger charge is -2.26. The van der Waals surface area contributed by atoms with Gasteiger partial charge in [0.05, 0.1) is 18.1 Å². The first-order valence-electron chi connectivity index (χ1n) is 5.86. The minimum absolute atomic E-state index is 0.295. The van der Waals surface area contributed by atoms with Crippen LogP contribution in [0.1, 0.15) is 12.0 Å². The molecule has 1 aromatic rings. The zero-order chi connectivity index (χ0) is 13.2. The van der Waals surface area contributed by atoms with Crippen LogP contribution in [0.4, 0.5) is 0 Å². The maximum absolute atomic E-state index is 12.2. The van der Waals surface area contributed by atoms with E-state index in [1.807, 2.05) is 12.1 Å². The minimum Gasteiger partial charge on any atom is -0.379 e. The smallest absolute Gasteiger partial charge is 0.186 e. The average Bonchev–Trinajstić information content (AvgIpc) is 2.22. The van der Waals surface area contributed by atoms with Gasteiger partial charge in [0.25, 0.3) is 0 Å². The maximum atomic E-state index is 12.2. The predicted octanol–water partition coefficient (Wildman–Crippen LogP) is 1.51. The fraction of sp³-hybridized carbons (Fsp3) is 0.500. The highest BCUT2D eigenvalue weighted by atomic mass is 79.9. The second-order valence-electron chi connectivity index (χ2n) is 4.36. The Morgan fingerprint density at radius 1 is 1.39 bits per heavy atom. The third-order valence-electron chi connectivity index (χ3n) is 3.02. The van der Waals surface area contributed by atoms with Crippen LogP contribution in [0.25, 0.3) is 0 Å². The first kappa shape index (κ1) is 14.0. The molecule has 0 spiro atoms. The van der Waals surface area contributed by atoms with Crippen molar-refractivity contribution in [1.82, 2.24) is 0 Å². The van der Waals surface area contributed by atoms with Crippen LogP contribution in [0.3, 0.4) is 0 Å². The topological polar surface area (TPSA) is 69.4 Å². The Morgan fingerprint density at radius 3 is 2.61 bits per heavy atom. The van der Waals surface area contributed by atoms with Crippen LogP contribution < -0.4 is 5.73 Å². The third-order valence-corrected chi connectivity index (χ3v) is 6.06. The first-order valence-corrected chi connectivity index (χ1v) is 8.20. The molecule has 0 aromatic heterocycles. The number of hydrogen-bond acceptors (Lipinski definition) is 4. The number of halogens is 1. The number of sulfone groups is 1. The lowest BCUT2D eigenvalue weighted by molar-refractivity contribution is 0.0416. The van der Waals surface area contributed by atoms with E-state index in [2.05, 4.69) is 15.9 Å². The fourth-order valence-corrected chi connectivity index (χ4v) is 4.41. The van der Waals surface area contributed by atoms with Gasteiger partial charge in [0.2, 0.25) is 0 Å². The van der Waals surface area contributed by atoms with E-state index in [1.165, 1.54) is 0 Å². The van der Waals surface area contributed by atoms with Crippen LogP contribution in [-0.2, 0) is 21.0 Å². The van der Waals surface area contributed by atoms with Gasteiger partial charge in [-0.15, -0.1) is 0 Å². The van der Waals surface area contributed by atoms with Crippen molar-refractivity contribution in [3.8, 4) is 0 Å². The molecule has 0 atom stereocenters.